The predicted octanol–water partition coefficient (Wildman–Crippen LogP) is 1.98. The molecule has 0 aromatic rings. The monoisotopic (exact) mass is 306 g/mol. The van der Waals surface area contributed by atoms with Crippen molar-refractivity contribution in [3.63, 3.8) is 0 Å². The third-order valence-corrected chi connectivity index (χ3v) is 4.63. The number of rotatable bonds is 8. The summed E-state index contributed by atoms with van der Waals surface area (Å²) in [5, 5.41) is 0. The summed E-state index contributed by atoms with van der Waals surface area (Å²) >= 11 is 0. The average Bonchev–Trinajstić information content (AvgIpc) is 2.71. The average molecular weight is 306 g/mol. The van der Waals surface area contributed by atoms with Crippen LogP contribution in [-0.2, 0) is 14.4 Å². The second-order valence-electron chi connectivity index (χ2n) is 6.63. The fourth-order valence-electron chi connectivity index (χ4n) is 2.85. The lowest BCUT2D eigenvalue weighted by Gasteiger charge is -2.41. The van der Waals surface area contributed by atoms with Crippen molar-refractivity contribution in [1.82, 2.24) is 9.80 Å². The van der Waals surface area contributed by atoms with Gasteiger partial charge >= 0.3 is 0 Å². The smallest absolute Gasteiger partial charge is 0.253 e. The van der Waals surface area contributed by atoms with Gasteiger partial charge in [0.25, 0.3) is 11.8 Å². The second kappa shape index (κ2) is 7.56. The molecule has 2 aliphatic rings. The first kappa shape index (κ1) is 16.7. The van der Waals surface area contributed by atoms with E-state index < -0.39 is 0 Å². The summed E-state index contributed by atoms with van der Waals surface area (Å²) in [5.74, 6) is 1.18. The number of nitrogens with zero attached hydrogens (tertiary/aromatic N) is 2. The lowest BCUT2D eigenvalue weighted by molar-refractivity contribution is -0.139. The number of imide groups is 1. The molecular formula is C17H26N2O3. The largest absolute Gasteiger partial charge is 0.342 e. The maximum Gasteiger partial charge on any atom is 0.253 e. The van der Waals surface area contributed by atoms with Crippen LogP contribution in [0.25, 0.3) is 0 Å². The van der Waals surface area contributed by atoms with Crippen molar-refractivity contribution in [1.29, 1.82) is 0 Å². The SMILES string of the molecule is CC(C)C1CN(C(=O)CCCCCCN2C(=O)C=CC2=O)C1. The molecule has 3 amide bonds. The zero-order chi connectivity index (χ0) is 16.1. The highest BCUT2D eigenvalue weighted by molar-refractivity contribution is 6.12. The van der Waals surface area contributed by atoms with Crippen LogP contribution < -0.4 is 0 Å². The first-order chi connectivity index (χ1) is 10.5. The van der Waals surface area contributed by atoms with Crippen LogP contribution in [0.2, 0.25) is 0 Å². The van der Waals surface area contributed by atoms with Crippen molar-refractivity contribution in [3.8, 4) is 0 Å². The Balaban J connectivity index is 1.49. The minimum Gasteiger partial charge on any atom is -0.342 e. The topological polar surface area (TPSA) is 57.7 Å². The fraction of sp³-hybridized carbons (Fsp3) is 0.706. The van der Waals surface area contributed by atoms with E-state index in [1.807, 2.05) is 4.90 Å². The van der Waals surface area contributed by atoms with Gasteiger partial charge < -0.3 is 4.90 Å². The quantitative estimate of drug-likeness (QED) is 0.509. The third-order valence-electron chi connectivity index (χ3n) is 4.63. The van der Waals surface area contributed by atoms with E-state index in [1.54, 1.807) is 0 Å². The molecule has 1 saturated heterocycles. The van der Waals surface area contributed by atoms with E-state index in [0.717, 1.165) is 38.8 Å². The van der Waals surface area contributed by atoms with Gasteiger partial charge in [0.15, 0.2) is 0 Å². The van der Waals surface area contributed by atoms with E-state index in [0.29, 0.717) is 24.8 Å². The normalized spacial score (nSPS) is 18.5. The third kappa shape index (κ3) is 4.18. The Morgan fingerprint density at radius 1 is 1.09 bits per heavy atom. The maximum atomic E-state index is 11.9. The lowest BCUT2D eigenvalue weighted by atomic mass is 9.88. The van der Waals surface area contributed by atoms with E-state index in [4.69, 9.17) is 0 Å². The van der Waals surface area contributed by atoms with Crippen LogP contribution in [0.3, 0.4) is 0 Å². The zero-order valence-corrected chi connectivity index (χ0v) is 13.6. The van der Waals surface area contributed by atoms with Crippen molar-refractivity contribution in [2.75, 3.05) is 19.6 Å². The van der Waals surface area contributed by atoms with Gasteiger partial charge in [0.1, 0.15) is 0 Å². The van der Waals surface area contributed by atoms with E-state index >= 15 is 0 Å². The number of hydrogen-bond acceptors (Lipinski definition) is 3. The Morgan fingerprint density at radius 3 is 2.27 bits per heavy atom. The highest BCUT2D eigenvalue weighted by Gasteiger charge is 2.31. The van der Waals surface area contributed by atoms with Gasteiger partial charge in [-0.1, -0.05) is 26.7 Å². The van der Waals surface area contributed by atoms with Gasteiger partial charge in [-0.2, -0.15) is 0 Å². The number of likely N-dealkylation sites (tertiary alicyclic amines) is 1. The first-order valence-corrected chi connectivity index (χ1v) is 8.30. The van der Waals surface area contributed by atoms with E-state index in [2.05, 4.69) is 13.8 Å². The Hall–Kier alpha value is -1.65. The van der Waals surface area contributed by atoms with Gasteiger partial charge in [0.05, 0.1) is 0 Å². The van der Waals surface area contributed by atoms with Crippen molar-refractivity contribution in [3.05, 3.63) is 12.2 Å². The molecule has 0 unspecified atom stereocenters. The molecule has 0 aliphatic carbocycles. The minimum atomic E-state index is -0.210. The van der Waals surface area contributed by atoms with E-state index in [1.165, 1.54) is 17.1 Å². The van der Waals surface area contributed by atoms with Crippen LogP contribution in [-0.4, -0.2) is 47.2 Å². The van der Waals surface area contributed by atoms with Gasteiger partial charge in [-0.15, -0.1) is 0 Å². The number of carbonyl (C=O) groups is 3. The second-order valence-corrected chi connectivity index (χ2v) is 6.63. The molecule has 0 aromatic carbocycles. The van der Waals surface area contributed by atoms with Gasteiger partial charge in [0.2, 0.25) is 5.91 Å². The summed E-state index contributed by atoms with van der Waals surface area (Å²) in [6.45, 7) is 6.74. The van der Waals surface area contributed by atoms with Crippen LogP contribution in [0.4, 0.5) is 0 Å². The molecule has 5 heteroatoms. The molecule has 22 heavy (non-hydrogen) atoms. The Labute approximate surface area is 132 Å². The number of unbranched alkanes of at least 4 members (excludes halogenated alkanes) is 3. The summed E-state index contributed by atoms with van der Waals surface area (Å²) in [4.78, 5) is 37.9. The lowest BCUT2D eigenvalue weighted by Crippen LogP contribution is -2.51. The summed E-state index contributed by atoms with van der Waals surface area (Å²) in [6.07, 6.45) is 6.87. The highest BCUT2D eigenvalue weighted by atomic mass is 16.2. The van der Waals surface area contributed by atoms with Crippen LogP contribution >= 0.6 is 0 Å². The van der Waals surface area contributed by atoms with Gasteiger partial charge in [-0.05, 0) is 24.7 Å². The molecule has 0 atom stereocenters. The predicted molar refractivity (Wildman–Crippen MR) is 83.9 cm³/mol. The fourth-order valence-corrected chi connectivity index (χ4v) is 2.85. The van der Waals surface area contributed by atoms with Crippen LogP contribution in [0, 0.1) is 11.8 Å². The number of hydrogen-bond donors (Lipinski definition) is 0. The molecule has 0 radical (unpaired) electrons. The summed E-state index contributed by atoms with van der Waals surface area (Å²) in [7, 11) is 0. The molecular weight excluding hydrogens is 280 g/mol. The molecule has 0 spiro atoms. The van der Waals surface area contributed by atoms with Crippen LogP contribution in [0.15, 0.2) is 12.2 Å². The molecule has 2 heterocycles. The standard InChI is InChI=1S/C17H26N2O3/c1-13(2)14-11-18(12-14)15(20)7-5-3-4-6-10-19-16(21)8-9-17(19)22/h8-9,13-14H,3-7,10-12H2,1-2H3. The molecule has 0 N–H and O–H groups in total. The molecule has 1 fully saturated rings. The highest BCUT2D eigenvalue weighted by Crippen LogP contribution is 2.24. The van der Waals surface area contributed by atoms with Crippen molar-refractivity contribution >= 4 is 17.7 Å². The van der Waals surface area contributed by atoms with Crippen molar-refractivity contribution < 1.29 is 14.4 Å². The Bertz CT molecular complexity index is 447. The Kier molecular flexibility index (Phi) is 5.75. The van der Waals surface area contributed by atoms with Crippen LogP contribution in [0.5, 0.6) is 0 Å². The molecule has 0 bridgehead atoms. The summed E-state index contributed by atoms with van der Waals surface area (Å²) < 4.78 is 0. The molecule has 0 aromatic heterocycles. The minimum absolute atomic E-state index is 0.210. The van der Waals surface area contributed by atoms with E-state index in [-0.39, 0.29) is 17.7 Å². The first-order valence-electron chi connectivity index (χ1n) is 8.30. The summed E-state index contributed by atoms with van der Waals surface area (Å²) in [6, 6.07) is 0. The number of carbonyl (C=O) groups excluding carboxylic acids is 3. The Morgan fingerprint density at radius 2 is 1.68 bits per heavy atom. The van der Waals surface area contributed by atoms with Gasteiger partial charge in [0, 0.05) is 38.2 Å². The summed E-state index contributed by atoms with van der Waals surface area (Å²) in [5.41, 5.74) is 0. The van der Waals surface area contributed by atoms with Crippen LogP contribution in [0.1, 0.15) is 46.0 Å². The zero-order valence-electron chi connectivity index (χ0n) is 13.6. The molecule has 0 saturated carbocycles. The molecule has 5 nitrogen and oxygen atoms in total. The maximum absolute atomic E-state index is 11.9. The molecule has 122 valence electrons. The van der Waals surface area contributed by atoms with E-state index in [9.17, 15) is 14.4 Å². The molecule has 2 aliphatic heterocycles. The molecule has 2 rings (SSSR count). The van der Waals surface area contributed by atoms with Gasteiger partial charge in [-0.3, -0.25) is 19.3 Å². The van der Waals surface area contributed by atoms with Gasteiger partial charge in [-0.25, -0.2) is 0 Å². The van der Waals surface area contributed by atoms with Crippen molar-refractivity contribution in [2.45, 2.75) is 46.0 Å². The number of amides is 3. The van der Waals surface area contributed by atoms with Crippen molar-refractivity contribution in [2.24, 2.45) is 11.8 Å².